The molecule has 0 spiro atoms. The van der Waals surface area contributed by atoms with E-state index in [-0.39, 0.29) is 17.8 Å². The van der Waals surface area contributed by atoms with Gasteiger partial charge in [0.2, 0.25) is 12.2 Å². The first-order valence-corrected chi connectivity index (χ1v) is 13.4. The van der Waals surface area contributed by atoms with Crippen molar-refractivity contribution in [3.05, 3.63) is 73.6 Å². The SMILES string of the molecule is C=CC(=O)N1CCC[C@@H](n2nc(-c3ccc(Oc4ccccc4)cc3)c3c(NC(=O)O[C@H](C)OC(C)=O)ncnc32)C1. The van der Waals surface area contributed by atoms with Gasteiger partial charge in [-0.15, -0.1) is 0 Å². The fourth-order valence-corrected chi connectivity index (χ4v) is 4.85. The number of ether oxygens (including phenoxy) is 3. The van der Waals surface area contributed by atoms with Crippen LogP contribution in [0.2, 0.25) is 0 Å². The second-order valence-electron chi connectivity index (χ2n) is 9.65. The summed E-state index contributed by atoms with van der Waals surface area (Å²) in [6.45, 7) is 7.32. The molecule has 4 aromatic rings. The number of rotatable bonds is 8. The van der Waals surface area contributed by atoms with Gasteiger partial charge in [0.25, 0.3) is 0 Å². The van der Waals surface area contributed by atoms with Crippen molar-refractivity contribution in [3.8, 4) is 22.8 Å². The predicted molar refractivity (Wildman–Crippen MR) is 154 cm³/mol. The largest absolute Gasteiger partial charge is 0.457 e. The Morgan fingerprint density at radius 2 is 1.79 bits per heavy atom. The van der Waals surface area contributed by atoms with Gasteiger partial charge in [-0.05, 0) is 55.3 Å². The van der Waals surface area contributed by atoms with E-state index in [0.29, 0.717) is 41.3 Å². The summed E-state index contributed by atoms with van der Waals surface area (Å²) in [6, 6.07) is 16.6. The van der Waals surface area contributed by atoms with Gasteiger partial charge in [-0.2, -0.15) is 5.10 Å². The van der Waals surface area contributed by atoms with E-state index in [1.807, 2.05) is 54.6 Å². The van der Waals surface area contributed by atoms with Crippen molar-refractivity contribution in [3.63, 3.8) is 0 Å². The Morgan fingerprint density at radius 1 is 1.05 bits per heavy atom. The number of hydrogen-bond donors (Lipinski definition) is 1. The number of aromatic nitrogens is 4. The Balaban J connectivity index is 1.52. The first-order valence-electron chi connectivity index (χ1n) is 13.4. The highest BCUT2D eigenvalue weighted by molar-refractivity contribution is 6.03. The lowest BCUT2D eigenvalue weighted by atomic mass is 10.1. The number of benzene rings is 2. The van der Waals surface area contributed by atoms with Crippen LogP contribution in [0.3, 0.4) is 0 Å². The van der Waals surface area contributed by atoms with Crippen molar-refractivity contribution in [1.29, 1.82) is 0 Å². The summed E-state index contributed by atoms with van der Waals surface area (Å²) in [5, 5.41) is 8.05. The molecule has 5 rings (SSSR count). The van der Waals surface area contributed by atoms with Crippen molar-refractivity contribution in [2.24, 2.45) is 0 Å². The zero-order valence-corrected chi connectivity index (χ0v) is 23.2. The topological polar surface area (TPSA) is 138 Å². The molecule has 1 N–H and O–H groups in total. The number of nitrogens with zero attached hydrogens (tertiary/aromatic N) is 5. The highest BCUT2D eigenvalue weighted by atomic mass is 16.7. The summed E-state index contributed by atoms with van der Waals surface area (Å²) < 4.78 is 17.8. The molecule has 12 nitrogen and oxygen atoms in total. The van der Waals surface area contributed by atoms with Crippen LogP contribution in [0.15, 0.2) is 73.6 Å². The Hall–Kier alpha value is -5.26. The van der Waals surface area contributed by atoms with E-state index in [1.165, 1.54) is 26.3 Å². The lowest BCUT2D eigenvalue weighted by molar-refractivity contribution is -0.161. The number of nitrogens with one attached hydrogen (secondary N) is 1. The number of likely N-dealkylation sites (tertiary alicyclic amines) is 1. The standard InChI is InChI=1S/C30H30N6O6/c1-4-25(38)35-16-8-9-22(17-35)36-29-26(28(31-18-32-29)33-30(39)41-20(3)40-19(2)37)27(34-36)21-12-14-24(15-13-21)42-23-10-6-5-7-11-23/h4-7,10-15,18,20,22H,1,8-9,16-17H2,2-3H3,(H,31,32,33,39)/t20-,22-/m1/s1. The van der Waals surface area contributed by atoms with Crippen molar-refractivity contribution in [2.75, 3.05) is 18.4 Å². The normalized spacial score (nSPS) is 15.5. The number of carbonyl (C=O) groups excluding carboxylic acids is 3. The molecule has 2 atom stereocenters. The van der Waals surface area contributed by atoms with Crippen LogP contribution in [-0.2, 0) is 19.1 Å². The molecule has 1 fully saturated rings. The van der Waals surface area contributed by atoms with Crippen LogP contribution in [-0.4, -0.2) is 62.0 Å². The fourth-order valence-electron chi connectivity index (χ4n) is 4.85. The number of anilines is 1. The van der Waals surface area contributed by atoms with Gasteiger partial charge >= 0.3 is 12.1 Å². The Labute approximate surface area is 241 Å². The zero-order valence-electron chi connectivity index (χ0n) is 23.2. The lowest BCUT2D eigenvalue weighted by Gasteiger charge is -2.32. The third-order valence-electron chi connectivity index (χ3n) is 6.65. The zero-order chi connectivity index (χ0) is 29.6. The van der Waals surface area contributed by atoms with E-state index < -0.39 is 18.4 Å². The van der Waals surface area contributed by atoms with Crippen LogP contribution < -0.4 is 10.1 Å². The van der Waals surface area contributed by atoms with Crippen LogP contribution in [0.1, 0.15) is 32.7 Å². The predicted octanol–water partition coefficient (Wildman–Crippen LogP) is 5.09. The molecule has 2 aromatic heterocycles. The molecule has 0 saturated carbocycles. The molecule has 0 unspecified atom stereocenters. The van der Waals surface area contributed by atoms with E-state index in [4.69, 9.17) is 19.3 Å². The molecular weight excluding hydrogens is 540 g/mol. The Morgan fingerprint density at radius 3 is 2.50 bits per heavy atom. The smallest absolute Gasteiger partial charge is 0.415 e. The van der Waals surface area contributed by atoms with Crippen LogP contribution in [0.25, 0.3) is 22.3 Å². The second kappa shape index (κ2) is 12.5. The number of amides is 2. The molecule has 1 aliphatic rings. The van der Waals surface area contributed by atoms with E-state index in [0.717, 1.165) is 18.4 Å². The van der Waals surface area contributed by atoms with Gasteiger partial charge in [-0.25, -0.2) is 19.4 Å². The molecule has 2 aromatic carbocycles. The third kappa shape index (κ3) is 6.38. The number of hydrogen-bond acceptors (Lipinski definition) is 9. The minimum Gasteiger partial charge on any atom is -0.457 e. The highest BCUT2D eigenvalue weighted by Gasteiger charge is 2.29. The van der Waals surface area contributed by atoms with Gasteiger partial charge in [0.1, 0.15) is 23.5 Å². The maximum absolute atomic E-state index is 12.7. The number of carbonyl (C=O) groups is 3. The average Bonchev–Trinajstić information content (AvgIpc) is 3.38. The van der Waals surface area contributed by atoms with Crippen molar-refractivity contribution in [1.82, 2.24) is 24.6 Å². The molecule has 1 saturated heterocycles. The maximum Gasteiger partial charge on any atom is 0.415 e. The number of piperidine rings is 1. The second-order valence-corrected chi connectivity index (χ2v) is 9.65. The van der Waals surface area contributed by atoms with E-state index >= 15 is 0 Å². The van der Waals surface area contributed by atoms with Gasteiger partial charge in [0.05, 0.1) is 11.4 Å². The molecule has 1 aliphatic heterocycles. The van der Waals surface area contributed by atoms with Crippen LogP contribution >= 0.6 is 0 Å². The van der Waals surface area contributed by atoms with Crippen molar-refractivity contribution in [2.45, 2.75) is 39.0 Å². The summed E-state index contributed by atoms with van der Waals surface area (Å²) >= 11 is 0. The van der Waals surface area contributed by atoms with Crippen LogP contribution in [0, 0.1) is 0 Å². The molecule has 12 heteroatoms. The molecule has 42 heavy (non-hydrogen) atoms. The monoisotopic (exact) mass is 570 g/mol. The van der Waals surface area contributed by atoms with Gasteiger partial charge in [-0.3, -0.25) is 14.9 Å². The highest BCUT2D eigenvalue weighted by Crippen LogP contribution is 2.36. The molecular formula is C30H30N6O6. The quantitative estimate of drug-likeness (QED) is 0.174. The summed E-state index contributed by atoms with van der Waals surface area (Å²) in [4.78, 5) is 46.8. The first kappa shape index (κ1) is 28.3. The number of esters is 1. The van der Waals surface area contributed by atoms with Crippen LogP contribution in [0.5, 0.6) is 11.5 Å². The Bertz CT molecular complexity index is 1600. The van der Waals surface area contributed by atoms with Gasteiger partial charge in [-0.1, -0.05) is 24.8 Å². The summed E-state index contributed by atoms with van der Waals surface area (Å²) in [7, 11) is 0. The Kier molecular flexibility index (Phi) is 8.42. The van der Waals surface area contributed by atoms with E-state index in [2.05, 4.69) is 21.9 Å². The number of fused-ring (bicyclic) bond motifs is 1. The van der Waals surface area contributed by atoms with Crippen molar-refractivity contribution < 1.29 is 28.6 Å². The van der Waals surface area contributed by atoms with Gasteiger partial charge < -0.3 is 19.1 Å². The van der Waals surface area contributed by atoms with Gasteiger partial charge in [0.15, 0.2) is 11.5 Å². The van der Waals surface area contributed by atoms with E-state index in [1.54, 1.807) is 9.58 Å². The molecule has 0 aliphatic carbocycles. The first-order chi connectivity index (χ1) is 20.3. The average molecular weight is 571 g/mol. The maximum atomic E-state index is 12.7. The fraction of sp³-hybridized carbons (Fsp3) is 0.267. The van der Waals surface area contributed by atoms with Gasteiger partial charge in [0, 0.05) is 32.5 Å². The lowest BCUT2D eigenvalue weighted by Crippen LogP contribution is -2.40. The summed E-state index contributed by atoms with van der Waals surface area (Å²) in [6.07, 6.45) is 2.21. The third-order valence-corrected chi connectivity index (χ3v) is 6.65. The van der Waals surface area contributed by atoms with Crippen LogP contribution in [0.4, 0.5) is 10.6 Å². The minimum absolute atomic E-state index is 0.146. The van der Waals surface area contributed by atoms with Crippen molar-refractivity contribution >= 4 is 34.8 Å². The number of para-hydroxylation sites is 1. The molecule has 0 bridgehead atoms. The minimum atomic E-state index is -1.10. The molecule has 3 heterocycles. The summed E-state index contributed by atoms with van der Waals surface area (Å²) in [5.74, 6) is 0.779. The molecule has 0 radical (unpaired) electrons. The summed E-state index contributed by atoms with van der Waals surface area (Å²) in [5.41, 5.74) is 1.73. The van der Waals surface area contributed by atoms with E-state index in [9.17, 15) is 14.4 Å². The molecule has 2 amide bonds. The molecule has 216 valence electrons.